The van der Waals surface area contributed by atoms with E-state index in [2.05, 4.69) is 5.32 Å². The molecule has 1 fully saturated rings. The van der Waals surface area contributed by atoms with E-state index in [-0.39, 0.29) is 30.9 Å². The number of ether oxygens (including phenoxy) is 2. The van der Waals surface area contributed by atoms with Crippen LogP contribution >= 0.6 is 0 Å². The van der Waals surface area contributed by atoms with Crippen molar-refractivity contribution >= 4 is 11.8 Å². The molecule has 0 spiro atoms. The Hall–Kier alpha value is -4.07. The van der Waals surface area contributed by atoms with E-state index in [1.807, 2.05) is 6.07 Å². The maximum Gasteiger partial charge on any atom is 0.268 e. The molecule has 3 aromatic carbocycles. The average molecular weight is 519 g/mol. The Morgan fingerprint density at radius 3 is 2.34 bits per heavy atom. The Labute approximate surface area is 221 Å². The molecule has 2 atom stereocenters. The average Bonchev–Trinajstić information content (AvgIpc) is 2.94. The second kappa shape index (κ2) is 11.5. The number of nitrogens with zero attached hydrogens (tertiary/aromatic N) is 1. The third-order valence-corrected chi connectivity index (χ3v) is 7.05. The van der Waals surface area contributed by atoms with Crippen molar-refractivity contribution in [3.05, 3.63) is 89.7 Å². The molecule has 1 aliphatic carbocycles. The lowest BCUT2D eigenvalue weighted by molar-refractivity contribution is -0.149. The van der Waals surface area contributed by atoms with Crippen LogP contribution in [0.2, 0.25) is 0 Å². The van der Waals surface area contributed by atoms with E-state index in [9.17, 15) is 19.1 Å². The van der Waals surface area contributed by atoms with Gasteiger partial charge in [-0.2, -0.15) is 0 Å². The highest BCUT2D eigenvalue weighted by Gasteiger charge is 2.38. The summed E-state index contributed by atoms with van der Waals surface area (Å²) in [5, 5.41) is 13.0. The van der Waals surface area contributed by atoms with Gasteiger partial charge in [0.25, 0.3) is 5.91 Å². The number of para-hydroxylation sites is 2. The summed E-state index contributed by atoms with van der Waals surface area (Å²) < 4.78 is 25.5. The first-order valence-electron chi connectivity index (χ1n) is 13.0. The Kier molecular flexibility index (Phi) is 7.77. The molecule has 0 bridgehead atoms. The number of halogens is 1. The van der Waals surface area contributed by atoms with E-state index in [4.69, 9.17) is 9.47 Å². The van der Waals surface area contributed by atoms with Crippen LogP contribution in [0.3, 0.4) is 0 Å². The fraction of sp³-hybridized carbons (Fsp3) is 0.333. The minimum absolute atomic E-state index is 0.0116. The second-order valence-corrected chi connectivity index (χ2v) is 9.79. The monoisotopic (exact) mass is 518 g/mol. The summed E-state index contributed by atoms with van der Waals surface area (Å²) in [7, 11) is 0. The van der Waals surface area contributed by atoms with E-state index < -0.39 is 23.9 Å². The number of phenols is 1. The van der Waals surface area contributed by atoms with Crippen molar-refractivity contribution < 1.29 is 28.6 Å². The fourth-order valence-corrected chi connectivity index (χ4v) is 5.07. The van der Waals surface area contributed by atoms with E-state index in [1.165, 1.54) is 29.2 Å². The lowest BCUT2D eigenvalue weighted by Gasteiger charge is -2.36. The molecular formula is C30H31FN2O5. The van der Waals surface area contributed by atoms with Gasteiger partial charge in [-0.15, -0.1) is 0 Å². The number of amides is 2. The van der Waals surface area contributed by atoms with Crippen molar-refractivity contribution in [3.8, 4) is 17.2 Å². The van der Waals surface area contributed by atoms with Gasteiger partial charge in [0.15, 0.2) is 11.5 Å². The molecule has 0 unspecified atom stereocenters. The lowest BCUT2D eigenvalue weighted by atomic mass is 9.94. The van der Waals surface area contributed by atoms with Gasteiger partial charge in [-0.1, -0.05) is 55.7 Å². The minimum Gasteiger partial charge on any atom is -0.508 e. The molecule has 198 valence electrons. The van der Waals surface area contributed by atoms with Gasteiger partial charge in [0.2, 0.25) is 12.0 Å². The first-order chi connectivity index (χ1) is 18.5. The minimum atomic E-state index is -1.00. The number of rotatable bonds is 7. The largest absolute Gasteiger partial charge is 0.508 e. The number of aromatic hydroxyl groups is 1. The van der Waals surface area contributed by atoms with Gasteiger partial charge in [-0.3, -0.25) is 9.59 Å². The zero-order chi connectivity index (χ0) is 26.5. The second-order valence-electron chi connectivity index (χ2n) is 9.79. The summed E-state index contributed by atoms with van der Waals surface area (Å²) >= 11 is 0. The molecule has 2 N–H and O–H groups in total. The molecule has 2 aliphatic rings. The van der Waals surface area contributed by atoms with Crippen LogP contribution in [-0.4, -0.2) is 40.6 Å². The topological polar surface area (TPSA) is 88.1 Å². The smallest absolute Gasteiger partial charge is 0.268 e. The molecular weight excluding hydrogens is 487 g/mol. The zero-order valence-electron chi connectivity index (χ0n) is 21.0. The Morgan fingerprint density at radius 2 is 1.63 bits per heavy atom. The molecule has 0 saturated heterocycles. The summed E-state index contributed by atoms with van der Waals surface area (Å²) in [6.07, 6.45) is 4.02. The van der Waals surface area contributed by atoms with Crippen LogP contribution in [0.4, 0.5) is 4.39 Å². The quantitative estimate of drug-likeness (QED) is 0.465. The number of carbonyl (C=O) groups is 2. The predicted octanol–water partition coefficient (Wildman–Crippen LogP) is 4.89. The Morgan fingerprint density at radius 1 is 0.947 bits per heavy atom. The van der Waals surface area contributed by atoms with Crippen molar-refractivity contribution in [2.24, 2.45) is 0 Å². The molecule has 1 aliphatic heterocycles. The molecule has 1 heterocycles. The van der Waals surface area contributed by atoms with Gasteiger partial charge < -0.3 is 24.8 Å². The SMILES string of the molecule is O=C(NC1CCCCC1)[C@H](c1ccc(O)cc1)N(Cc1ccc(F)cc1)C(=O)[C@@H]1COc2ccccc2O1. The zero-order valence-corrected chi connectivity index (χ0v) is 21.0. The van der Waals surface area contributed by atoms with Crippen molar-refractivity contribution in [3.63, 3.8) is 0 Å². The van der Waals surface area contributed by atoms with Crippen molar-refractivity contribution in [1.82, 2.24) is 10.2 Å². The van der Waals surface area contributed by atoms with Gasteiger partial charge in [0.05, 0.1) is 0 Å². The Balaban J connectivity index is 1.50. The van der Waals surface area contributed by atoms with Gasteiger partial charge >= 0.3 is 0 Å². The molecule has 5 rings (SSSR count). The molecule has 0 radical (unpaired) electrons. The van der Waals surface area contributed by atoms with Crippen LogP contribution in [-0.2, 0) is 16.1 Å². The van der Waals surface area contributed by atoms with Crippen molar-refractivity contribution in [1.29, 1.82) is 0 Å². The molecule has 38 heavy (non-hydrogen) atoms. The van der Waals surface area contributed by atoms with Crippen LogP contribution in [0, 0.1) is 5.82 Å². The van der Waals surface area contributed by atoms with Gasteiger partial charge in [-0.05, 0) is 60.4 Å². The molecule has 8 heteroatoms. The molecule has 0 aromatic heterocycles. The van der Waals surface area contributed by atoms with E-state index in [1.54, 1.807) is 42.5 Å². The molecule has 2 amide bonds. The third-order valence-electron chi connectivity index (χ3n) is 7.05. The number of hydrogen-bond donors (Lipinski definition) is 2. The standard InChI is InChI=1S/C30H31FN2O5/c31-22-14-10-20(11-15-22)18-33(30(36)27-19-37-25-8-4-5-9-26(25)38-27)28(21-12-16-24(34)17-13-21)29(35)32-23-6-2-1-3-7-23/h4-5,8-17,23,27-28,34H,1-3,6-7,18-19H2,(H,32,35)/t27-,28-/m0/s1. The van der Waals surface area contributed by atoms with E-state index >= 15 is 0 Å². The summed E-state index contributed by atoms with van der Waals surface area (Å²) in [6.45, 7) is 0.0343. The first kappa shape index (κ1) is 25.6. The lowest BCUT2D eigenvalue weighted by Crippen LogP contribution is -2.52. The number of hydrogen-bond acceptors (Lipinski definition) is 5. The molecule has 3 aromatic rings. The summed E-state index contributed by atoms with van der Waals surface area (Å²) in [4.78, 5) is 29.4. The highest BCUT2D eigenvalue weighted by Crippen LogP contribution is 2.33. The van der Waals surface area contributed by atoms with E-state index in [0.29, 0.717) is 22.6 Å². The Bertz CT molecular complexity index is 1260. The number of carbonyl (C=O) groups excluding carboxylic acids is 2. The number of benzene rings is 3. The summed E-state index contributed by atoms with van der Waals surface area (Å²) in [5.74, 6) is -0.0797. The highest BCUT2D eigenvalue weighted by molar-refractivity contribution is 5.91. The fourth-order valence-electron chi connectivity index (χ4n) is 5.07. The van der Waals surface area contributed by atoms with Crippen LogP contribution in [0.25, 0.3) is 0 Å². The van der Waals surface area contributed by atoms with Crippen LogP contribution in [0.1, 0.15) is 49.3 Å². The first-order valence-corrected chi connectivity index (χ1v) is 13.0. The maximum absolute atomic E-state index is 14.1. The van der Waals surface area contributed by atoms with Crippen molar-refractivity contribution in [2.75, 3.05) is 6.61 Å². The van der Waals surface area contributed by atoms with E-state index in [0.717, 1.165) is 32.1 Å². The predicted molar refractivity (Wildman–Crippen MR) is 139 cm³/mol. The van der Waals surface area contributed by atoms with Crippen LogP contribution in [0.5, 0.6) is 17.2 Å². The van der Waals surface area contributed by atoms with Crippen LogP contribution in [0.15, 0.2) is 72.8 Å². The maximum atomic E-state index is 14.1. The van der Waals surface area contributed by atoms with Crippen molar-refractivity contribution in [2.45, 2.75) is 56.8 Å². The van der Waals surface area contributed by atoms with Gasteiger partial charge in [0, 0.05) is 12.6 Å². The molecule has 1 saturated carbocycles. The highest BCUT2D eigenvalue weighted by atomic mass is 19.1. The van der Waals surface area contributed by atoms with Gasteiger partial charge in [0.1, 0.15) is 24.2 Å². The number of phenolic OH excluding ortho intramolecular Hbond substituents is 1. The molecule has 7 nitrogen and oxygen atoms in total. The number of fused-ring (bicyclic) bond motifs is 1. The summed E-state index contributed by atoms with van der Waals surface area (Å²) in [5.41, 5.74) is 1.20. The normalized spacial score (nSPS) is 17.9. The van der Waals surface area contributed by atoms with Crippen LogP contribution < -0.4 is 14.8 Å². The van der Waals surface area contributed by atoms with Gasteiger partial charge in [-0.25, -0.2) is 4.39 Å². The third kappa shape index (κ3) is 5.90. The summed E-state index contributed by atoms with van der Waals surface area (Å²) in [6, 6.07) is 18.2. The number of nitrogens with one attached hydrogen (secondary N) is 1.